The van der Waals surface area contributed by atoms with Gasteiger partial charge in [-0.05, 0) is 43.3 Å². The number of benzene rings is 1. The molecule has 94 valence electrons. The Labute approximate surface area is 106 Å². The molecule has 0 spiro atoms. The van der Waals surface area contributed by atoms with Crippen molar-refractivity contribution in [1.82, 2.24) is 0 Å². The van der Waals surface area contributed by atoms with Crippen LogP contribution < -0.4 is 10.2 Å². The van der Waals surface area contributed by atoms with Crippen molar-refractivity contribution in [2.24, 2.45) is 0 Å². The van der Waals surface area contributed by atoms with Gasteiger partial charge in [0.1, 0.15) is 5.76 Å². The van der Waals surface area contributed by atoms with Crippen molar-refractivity contribution in [2.75, 3.05) is 24.3 Å². The van der Waals surface area contributed by atoms with E-state index in [9.17, 15) is 4.79 Å². The number of nitrogens with one attached hydrogen (secondary N) is 1. The van der Waals surface area contributed by atoms with Gasteiger partial charge in [0.05, 0.1) is 0 Å². The van der Waals surface area contributed by atoms with Gasteiger partial charge in [0.15, 0.2) is 5.76 Å². The highest BCUT2D eigenvalue weighted by Crippen LogP contribution is 2.17. The average molecular weight is 244 g/mol. The van der Waals surface area contributed by atoms with Crippen LogP contribution in [0.1, 0.15) is 16.3 Å². The largest absolute Gasteiger partial charge is 0.456 e. The first kappa shape index (κ1) is 12.2. The van der Waals surface area contributed by atoms with Crippen LogP contribution in [0.5, 0.6) is 0 Å². The lowest BCUT2D eigenvalue weighted by molar-refractivity contribution is 0.0995. The SMILES string of the molecule is Cc1ccc(C(=O)Nc2ccc(N(C)C)cc2)o1. The van der Waals surface area contributed by atoms with Crippen LogP contribution in [-0.2, 0) is 0 Å². The van der Waals surface area contributed by atoms with E-state index >= 15 is 0 Å². The van der Waals surface area contributed by atoms with Gasteiger partial charge in [-0.2, -0.15) is 0 Å². The molecule has 18 heavy (non-hydrogen) atoms. The maximum Gasteiger partial charge on any atom is 0.291 e. The molecule has 0 saturated heterocycles. The summed E-state index contributed by atoms with van der Waals surface area (Å²) in [6, 6.07) is 11.1. The van der Waals surface area contributed by atoms with Gasteiger partial charge in [0.2, 0.25) is 0 Å². The van der Waals surface area contributed by atoms with Gasteiger partial charge in [-0.1, -0.05) is 0 Å². The molecule has 4 heteroatoms. The number of rotatable bonds is 3. The van der Waals surface area contributed by atoms with E-state index in [1.165, 1.54) is 0 Å². The standard InChI is InChI=1S/C14H16N2O2/c1-10-4-9-13(18-10)14(17)15-11-5-7-12(8-6-11)16(2)3/h4-9H,1-3H3,(H,15,17). The zero-order valence-corrected chi connectivity index (χ0v) is 10.7. The van der Waals surface area contributed by atoms with E-state index in [0.29, 0.717) is 5.76 Å². The minimum Gasteiger partial charge on any atom is -0.456 e. The highest BCUT2D eigenvalue weighted by molar-refractivity contribution is 6.02. The second-order valence-corrected chi connectivity index (χ2v) is 4.31. The number of hydrogen-bond donors (Lipinski definition) is 1. The lowest BCUT2D eigenvalue weighted by atomic mass is 10.2. The number of amides is 1. The topological polar surface area (TPSA) is 45.5 Å². The van der Waals surface area contributed by atoms with Gasteiger partial charge >= 0.3 is 0 Å². The highest BCUT2D eigenvalue weighted by Gasteiger charge is 2.09. The molecular weight excluding hydrogens is 228 g/mol. The number of aryl methyl sites for hydroxylation is 1. The number of carbonyl (C=O) groups excluding carboxylic acids is 1. The molecule has 0 unspecified atom stereocenters. The van der Waals surface area contributed by atoms with Crippen LogP contribution in [0.3, 0.4) is 0 Å². The molecule has 0 radical (unpaired) electrons. The summed E-state index contributed by atoms with van der Waals surface area (Å²) in [5, 5.41) is 2.79. The van der Waals surface area contributed by atoms with Crippen LogP contribution in [0, 0.1) is 6.92 Å². The normalized spacial score (nSPS) is 10.2. The maximum atomic E-state index is 11.8. The Morgan fingerprint density at radius 3 is 2.28 bits per heavy atom. The summed E-state index contributed by atoms with van der Waals surface area (Å²) in [7, 11) is 3.94. The quantitative estimate of drug-likeness (QED) is 0.903. The Kier molecular flexibility index (Phi) is 3.37. The number of hydrogen-bond acceptors (Lipinski definition) is 3. The lowest BCUT2D eigenvalue weighted by Gasteiger charge is -2.12. The van der Waals surface area contributed by atoms with Gasteiger partial charge in [-0.25, -0.2) is 0 Å². The summed E-state index contributed by atoms with van der Waals surface area (Å²) in [4.78, 5) is 13.8. The number of nitrogens with zero attached hydrogens (tertiary/aromatic N) is 1. The number of furan rings is 1. The minimum atomic E-state index is -0.235. The smallest absolute Gasteiger partial charge is 0.291 e. The molecule has 1 heterocycles. The van der Waals surface area contributed by atoms with E-state index in [2.05, 4.69) is 5.32 Å². The molecule has 0 aliphatic rings. The highest BCUT2D eigenvalue weighted by atomic mass is 16.3. The van der Waals surface area contributed by atoms with Crippen molar-refractivity contribution in [1.29, 1.82) is 0 Å². The average Bonchev–Trinajstić information content (AvgIpc) is 2.76. The summed E-state index contributed by atoms with van der Waals surface area (Å²) in [5.41, 5.74) is 1.83. The summed E-state index contributed by atoms with van der Waals surface area (Å²) < 4.78 is 5.26. The van der Waals surface area contributed by atoms with Gasteiger partial charge in [0, 0.05) is 25.5 Å². The predicted octanol–water partition coefficient (Wildman–Crippen LogP) is 2.91. The van der Waals surface area contributed by atoms with Crippen LogP contribution in [0.25, 0.3) is 0 Å². The fraction of sp³-hybridized carbons (Fsp3) is 0.214. The summed E-state index contributed by atoms with van der Waals surface area (Å²) in [5.74, 6) is 0.813. The monoisotopic (exact) mass is 244 g/mol. The second kappa shape index (κ2) is 4.96. The number of carbonyl (C=O) groups is 1. The Morgan fingerprint density at radius 2 is 1.78 bits per heavy atom. The van der Waals surface area contributed by atoms with Gasteiger partial charge in [-0.3, -0.25) is 4.79 Å². The van der Waals surface area contributed by atoms with Crippen LogP contribution in [0.4, 0.5) is 11.4 Å². The molecule has 0 fully saturated rings. The lowest BCUT2D eigenvalue weighted by Crippen LogP contribution is -2.11. The van der Waals surface area contributed by atoms with Crippen molar-refractivity contribution in [3.05, 3.63) is 47.9 Å². The molecule has 1 amide bonds. The van der Waals surface area contributed by atoms with E-state index in [4.69, 9.17) is 4.42 Å². The van der Waals surface area contributed by atoms with Gasteiger partial charge in [0.25, 0.3) is 5.91 Å². The molecule has 0 aliphatic carbocycles. The molecule has 1 N–H and O–H groups in total. The Bertz CT molecular complexity index is 541. The van der Waals surface area contributed by atoms with Crippen molar-refractivity contribution in [2.45, 2.75) is 6.92 Å². The van der Waals surface area contributed by atoms with Crippen LogP contribution in [0.2, 0.25) is 0 Å². The maximum absolute atomic E-state index is 11.8. The third-order valence-electron chi connectivity index (χ3n) is 2.61. The fourth-order valence-electron chi connectivity index (χ4n) is 1.59. The molecule has 2 aromatic rings. The van der Waals surface area contributed by atoms with E-state index in [1.807, 2.05) is 50.2 Å². The fourth-order valence-corrected chi connectivity index (χ4v) is 1.59. The molecule has 1 aromatic carbocycles. The molecule has 0 saturated carbocycles. The summed E-state index contributed by atoms with van der Waals surface area (Å²) >= 11 is 0. The van der Waals surface area contributed by atoms with Crippen molar-refractivity contribution in [3.8, 4) is 0 Å². The van der Waals surface area contributed by atoms with Crippen LogP contribution >= 0.6 is 0 Å². The molecule has 0 bridgehead atoms. The Balaban J connectivity index is 2.07. The Hall–Kier alpha value is -2.23. The van der Waals surface area contributed by atoms with Crippen molar-refractivity contribution in [3.63, 3.8) is 0 Å². The predicted molar refractivity (Wildman–Crippen MR) is 72.2 cm³/mol. The summed E-state index contributed by atoms with van der Waals surface area (Å²) in [6.07, 6.45) is 0. The third kappa shape index (κ3) is 2.71. The first-order valence-corrected chi connectivity index (χ1v) is 5.71. The second-order valence-electron chi connectivity index (χ2n) is 4.31. The molecule has 0 atom stereocenters. The first-order chi connectivity index (χ1) is 8.56. The molecule has 2 rings (SSSR count). The van der Waals surface area contributed by atoms with Crippen LogP contribution in [0.15, 0.2) is 40.8 Å². The van der Waals surface area contributed by atoms with Crippen LogP contribution in [-0.4, -0.2) is 20.0 Å². The molecule has 4 nitrogen and oxygen atoms in total. The molecular formula is C14H16N2O2. The Morgan fingerprint density at radius 1 is 1.11 bits per heavy atom. The third-order valence-corrected chi connectivity index (χ3v) is 2.61. The van der Waals surface area contributed by atoms with E-state index in [1.54, 1.807) is 12.1 Å². The number of anilines is 2. The van der Waals surface area contributed by atoms with E-state index in [0.717, 1.165) is 17.1 Å². The summed E-state index contributed by atoms with van der Waals surface area (Å²) in [6.45, 7) is 1.81. The minimum absolute atomic E-state index is 0.235. The molecule has 1 aromatic heterocycles. The van der Waals surface area contributed by atoms with Crippen molar-refractivity contribution >= 4 is 17.3 Å². The van der Waals surface area contributed by atoms with Gasteiger partial charge in [-0.15, -0.1) is 0 Å². The zero-order chi connectivity index (χ0) is 13.1. The van der Waals surface area contributed by atoms with E-state index in [-0.39, 0.29) is 5.91 Å². The van der Waals surface area contributed by atoms with E-state index < -0.39 is 0 Å². The molecule has 0 aliphatic heterocycles. The van der Waals surface area contributed by atoms with Crippen molar-refractivity contribution < 1.29 is 9.21 Å². The first-order valence-electron chi connectivity index (χ1n) is 5.71. The van der Waals surface area contributed by atoms with Gasteiger partial charge < -0.3 is 14.6 Å². The zero-order valence-electron chi connectivity index (χ0n) is 10.7.